The Hall–Kier alpha value is -2.77. The molecule has 1 aromatic carbocycles. The van der Waals surface area contributed by atoms with Gasteiger partial charge in [-0.3, -0.25) is 19.6 Å². The summed E-state index contributed by atoms with van der Waals surface area (Å²) < 4.78 is 38.0. The molecular weight excluding hydrogens is 371 g/mol. The lowest BCUT2D eigenvalue weighted by atomic mass is 9.89. The van der Waals surface area contributed by atoms with Crippen molar-refractivity contribution in [1.82, 2.24) is 14.9 Å². The second-order valence-electron chi connectivity index (χ2n) is 6.82. The SMILES string of the molecule is O=C(c1ccc(C(F)(F)F)cc1)[C@@H]1CCCN(C(=O)CCc2cnccn2)C1. The van der Waals surface area contributed by atoms with Gasteiger partial charge in [0, 0.05) is 49.6 Å². The number of benzene rings is 1. The van der Waals surface area contributed by atoms with Crippen LogP contribution in [0.15, 0.2) is 42.9 Å². The smallest absolute Gasteiger partial charge is 0.342 e. The van der Waals surface area contributed by atoms with E-state index in [0.29, 0.717) is 32.4 Å². The number of amides is 1. The van der Waals surface area contributed by atoms with Crippen LogP contribution in [0.5, 0.6) is 0 Å². The lowest BCUT2D eigenvalue weighted by molar-refractivity contribution is -0.137. The zero-order chi connectivity index (χ0) is 20.1. The molecule has 0 unspecified atom stereocenters. The van der Waals surface area contributed by atoms with E-state index in [9.17, 15) is 22.8 Å². The molecular formula is C20H20F3N3O2. The number of halogens is 3. The molecule has 28 heavy (non-hydrogen) atoms. The number of ketones is 1. The van der Waals surface area contributed by atoms with Crippen molar-refractivity contribution < 1.29 is 22.8 Å². The molecule has 1 amide bonds. The van der Waals surface area contributed by atoms with Crippen LogP contribution in [0.3, 0.4) is 0 Å². The minimum absolute atomic E-state index is 0.0597. The number of Topliss-reactive ketones (excluding diaryl/α,β-unsaturated/α-hetero) is 1. The van der Waals surface area contributed by atoms with Crippen molar-refractivity contribution in [3.63, 3.8) is 0 Å². The summed E-state index contributed by atoms with van der Waals surface area (Å²) in [7, 11) is 0. The fourth-order valence-electron chi connectivity index (χ4n) is 3.33. The van der Waals surface area contributed by atoms with Crippen LogP contribution in [0.1, 0.15) is 40.9 Å². The van der Waals surface area contributed by atoms with Crippen LogP contribution < -0.4 is 0 Å². The molecule has 148 valence electrons. The molecule has 2 aromatic rings. The third kappa shape index (κ3) is 4.94. The van der Waals surface area contributed by atoms with Gasteiger partial charge in [0.25, 0.3) is 0 Å². The van der Waals surface area contributed by atoms with Gasteiger partial charge in [0.15, 0.2) is 5.78 Å². The second-order valence-corrected chi connectivity index (χ2v) is 6.82. The predicted octanol–water partition coefficient (Wildman–Crippen LogP) is 3.55. The fraction of sp³-hybridized carbons (Fsp3) is 0.400. The minimum Gasteiger partial charge on any atom is -0.342 e. The number of aromatic nitrogens is 2. The predicted molar refractivity (Wildman–Crippen MR) is 95.4 cm³/mol. The molecule has 1 aliphatic heterocycles. The summed E-state index contributed by atoms with van der Waals surface area (Å²) in [5.41, 5.74) is 0.186. The summed E-state index contributed by atoms with van der Waals surface area (Å²) in [6.07, 6.45) is 2.37. The monoisotopic (exact) mass is 391 g/mol. The van der Waals surface area contributed by atoms with E-state index in [4.69, 9.17) is 0 Å². The summed E-state index contributed by atoms with van der Waals surface area (Å²) in [4.78, 5) is 34.9. The lowest BCUT2D eigenvalue weighted by Gasteiger charge is -2.32. The highest BCUT2D eigenvalue weighted by atomic mass is 19.4. The van der Waals surface area contributed by atoms with Crippen molar-refractivity contribution >= 4 is 11.7 Å². The molecule has 0 bridgehead atoms. The van der Waals surface area contributed by atoms with Crippen molar-refractivity contribution in [2.75, 3.05) is 13.1 Å². The van der Waals surface area contributed by atoms with E-state index in [1.165, 1.54) is 12.1 Å². The van der Waals surface area contributed by atoms with E-state index in [1.807, 2.05) is 0 Å². The highest BCUT2D eigenvalue weighted by Crippen LogP contribution is 2.30. The Morgan fingerprint density at radius 1 is 1.14 bits per heavy atom. The number of likely N-dealkylation sites (tertiary alicyclic amines) is 1. The zero-order valence-corrected chi connectivity index (χ0v) is 15.2. The maximum atomic E-state index is 12.7. The number of nitrogens with zero attached hydrogens (tertiary/aromatic N) is 3. The molecule has 1 aliphatic rings. The van der Waals surface area contributed by atoms with Crippen LogP contribution in [0.4, 0.5) is 13.2 Å². The Bertz CT molecular complexity index is 823. The van der Waals surface area contributed by atoms with E-state index < -0.39 is 17.7 Å². The largest absolute Gasteiger partial charge is 0.416 e. The van der Waals surface area contributed by atoms with E-state index in [-0.39, 0.29) is 23.7 Å². The summed E-state index contributed by atoms with van der Waals surface area (Å²) in [6.45, 7) is 0.870. The van der Waals surface area contributed by atoms with Gasteiger partial charge in [0.2, 0.25) is 5.91 Å². The first-order valence-electron chi connectivity index (χ1n) is 9.09. The number of aryl methyl sites for hydroxylation is 1. The summed E-state index contributed by atoms with van der Waals surface area (Å²) in [6, 6.07) is 4.25. The van der Waals surface area contributed by atoms with Gasteiger partial charge in [-0.1, -0.05) is 12.1 Å². The number of carbonyl (C=O) groups excluding carboxylic acids is 2. The summed E-state index contributed by atoms with van der Waals surface area (Å²) in [5.74, 6) is -0.679. The van der Waals surface area contributed by atoms with Crippen molar-refractivity contribution in [1.29, 1.82) is 0 Å². The molecule has 1 saturated heterocycles. The van der Waals surface area contributed by atoms with Gasteiger partial charge < -0.3 is 4.90 Å². The first-order chi connectivity index (χ1) is 13.3. The first-order valence-corrected chi connectivity index (χ1v) is 9.09. The second kappa shape index (κ2) is 8.50. The van der Waals surface area contributed by atoms with Crippen LogP contribution in [-0.2, 0) is 17.4 Å². The highest BCUT2D eigenvalue weighted by molar-refractivity contribution is 5.98. The fourth-order valence-corrected chi connectivity index (χ4v) is 3.33. The van der Waals surface area contributed by atoms with Crippen molar-refractivity contribution in [2.45, 2.75) is 31.9 Å². The van der Waals surface area contributed by atoms with Crippen LogP contribution in [0.25, 0.3) is 0 Å². The van der Waals surface area contributed by atoms with Crippen molar-refractivity contribution in [2.24, 2.45) is 5.92 Å². The molecule has 0 radical (unpaired) electrons. The van der Waals surface area contributed by atoms with Crippen LogP contribution in [-0.4, -0.2) is 39.6 Å². The van der Waals surface area contributed by atoms with Gasteiger partial charge in [-0.15, -0.1) is 0 Å². The molecule has 0 saturated carbocycles. The average molecular weight is 391 g/mol. The van der Waals surface area contributed by atoms with Crippen LogP contribution in [0, 0.1) is 5.92 Å². The van der Waals surface area contributed by atoms with Gasteiger partial charge in [0.1, 0.15) is 0 Å². The number of piperidine rings is 1. The van der Waals surface area contributed by atoms with Crippen molar-refractivity contribution in [3.05, 3.63) is 59.7 Å². The molecule has 1 fully saturated rings. The van der Waals surface area contributed by atoms with Gasteiger partial charge in [-0.25, -0.2) is 0 Å². The molecule has 0 spiro atoms. The number of rotatable bonds is 5. The number of alkyl halides is 3. The third-order valence-electron chi connectivity index (χ3n) is 4.85. The maximum Gasteiger partial charge on any atom is 0.416 e. The lowest BCUT2D eigenvalue weighted by Crippen LogP contribution is -2.42. The van der Waals surface area contributed by atoms with Crippen LogP contribution in [0.2, 0.25) is 0 Å². The van der Waals surface area contributed by atoms with E-state index in [1.54, 1.807) is 23.5 Å². The normalized spacial score (nSPS) is 17.4. The van der Waals surface area contributed by atoms with Crippen molar-refractivity contribution in [3.8, 4) is 0 Å². The number of carbonyl (C=O) groups is 2. The topological polar surface area (TPSA) is 63.2 Å². The van der Waals surface area contributed by atoms with E-state index in [0.717, 1.165) is 17.8 Å². The quantitative estimate of drug-likeness (QED) is 0.732. The van der Waals surface area contributed by atoms with Gasteiger partial charge in [-0.05, 0) is 31.4 Å². The van der Waals surface area contributed by atoms with E-state index in [2.05, 4.69) is 9.97 Å². The number of hydrogen-bond acceptors (Lipinski definition) is 4. The van der Waals surface area contributed by atoms with Gasteiger partial charge in [0.05, 0.1) is 11.3 Å². The Morgan fingerprint density at radius 3 is 2.54 bits per heavy atom. The first kappa shape index (κ1) is 20.0. The Labute approximate surface area is 160 Å². The molecule has 3 rings (SSSR count). The average Bonchev–Trinajstić information content (AvgIpc) is 2.72. The Balaban J connectivity index is 1.59. The zero-order valence-electron chi connectivity index (χ0n) is 15.2. The summed E-state index contributed by atoms with van der Waals surface area (Å²) >= 11 is 0. The number of hydrogen-bond donors (Lipinski definition) is 0. The maximum absolute atomic E-state index is 12.7. The molecule has 0 aliphatic carbocycles. The van der Waals surface area contributed by atoms with Crippen LogP contribution >= 0.6 is 0 Å². The molecule has 0 N–H and O–H groups in total. The Kier molecular flexibility index (Phi) is 6.06. The highest BCUT2D eigenvalue weighted by Gasteiger charge is 2.32. The molecule has 1 aromatic heterocycles. The molecule has 8 heteroatoms. The van der Waals surface area contributed by atoms with E-state index >= 15 is 0 Å². The minimum atomic E-state index is -4.43. The molecule has 1 atom stereocenters. The standard InChI is InChI=1S/C20H20F3N3O2/c21-20(22,23)16-5-3-14(4-6-16)19(28)15-2-1-11-26(13-15)18(27)8-7-17-12-24-9-10-25-17/h3-6,9-10,12,15H,1-2,7-8,11,13H2/t15-/m1/s1. The molecule has 2 heterocycles. The third-order valence-corrected chi connectivity index (χ3v) is 4.85. The summed E-state index contributed by atoms with van der Waals surface area (Å²) in [5, 5.41) is 0. The Morgan fingerprint density at radius 2 is 1.89 bits per heavy atom. The van der Waals surface area contributed by atoms with Gasteiger partial charge >= 0.3 is 6.18 Å². The van der Waals surface area contributed by atoms with Gasteiger partial charge in [-0.2, -0.15) is 13.2 Å². The molecule has 5 nitrogen and oxygen atoms in total.